The Labute approximate surface area is 153 Å². The average Bonchev–Trinajstić information content (AvgIpc) is 3.32. The molecule has 0 radical (unpaired) electrons. The fraction of sp³-hybridized carbons (Fsp3) is 0.0556. The number of carbonyl (C=O) groups is 1. The minimum Gasteiger partial charge on any atom is -0.296 e. The van der Waals surface area contributed by atoms with Gasteiger partial charge in [0.15, 0.2) is 5.13 Å². The molecule has 0 bridgehead atoms. The number of imidazole rings is 1. The van der Waals surface area contributed by atoms with Gasteiger partial charge in [-0.05, 0) is 31.2 Å². The molecule has 8 heteroatoms. The van der Waals surface area contributed by atoms with Crippen LogP contribution in [0.5, 0.6) is 0 Å². The summed E-state index contributed by atoms with van der Waals surface area (Å²) in [5.74, 6) is 0.324. The van der Waals surface area contributed by atoms with Gasteiger partial charge in [0.1, 0.15) is 23.5 Å². The molecule has 4 rings (SSSR count). The maximum Gasteiger partial charge on any atom is 0.276 e. The summed E-state index contributed by atoms with van der Waals surface area (Å²) >= 11 is 1.35. The van der Waals surface area contributed by atoms with Gasteiger partial charge in [-0.1, -0.05) is 12.1 Å². The highest BCUT2D eigenvalue weighted by Gasteiger charge is 2.16. The lowest BCUT2D eigenvalue weighted by Gasteiger charge is -2.06. The molecule has 0 saturated carbocycles. The van der Waals surface area contributed by atoms with Gasteiger partial charge in [-0.15, -0.1) is 11.3 Å². The molecule has 0 aromatic carbocycles. The molecule has 0 aliphatic heterocycles. The first-order chi connectivity index (χ1) is 12.7. The van der Waals surface area contributed by atoms with Crippen LogP contribution in [-0.2, 0) is 0 Å². The second-order valence-corrected chi connectivity index (χ2v) is 6.35. The number of aryl methyl sites for hydroxylation is 1. The number of rotatable bonds is 4. The van der Waals surface area contributed by atoms with Crippen molar-refractivity contribution in [1.82, 2.24) is 24.5 Å². The third kappa shape index (κ3) is 3.22. The van der Waals surface area contributed by atoms with E-state index in [1.807, 2.05) is 48.7 Å². The summed E-state index contributed by atoms with van der Waals surface area (Å²) in [6, 6.07) is 11.2. The summed E-state index contributed by atoms with van der Waals surface area (Å²) in [4.78, 5) is 29.8. The standard InChI is InChI=1S/C18H14N6OS/c1-12-5-4-6-13(21-12)14-10-26-18(22-14)23-17(25)15-9-19-11-24(15)16-7-2-3-8-20-16/h2-11H,1H3,(H,22,23,25). The molecule has 4 aromatic heterocycles. The smallest absolute Gasteiger partial charge is 0.276 e. The highest BCUT2D eigenvalue weighted by molar-refractivity contribution is 7.14. The average molecular weight is 362 g/mol. The normalized spacial score (nSPS) is 10.7. The Morgan fingerprint density at radius 1 is 1.12 bits per heavy atom. The van der Waals surface area contributed by atoms with E-state index < -0.39 is 0 Å². The molecular formula is C18H14N6OS. The van der Waals surface area contributed by atoms with Gasteiger partial charge in [0.2, 0.25) is 0 Å². The maximum absolute atomic E-state index is 12.6. The Morgan fingerprint density at radius 2 is 2.04 bits per heavy atom. The fourth-order valence-electron chi connectivity index (χ4n) is 2.44. The topological polar surface area (TPSA) is 85.6 Å². The third-order valence-corrected chi connectivity index (χ3v) is 4.40. The van der Waals surface area contributed by atoms with Gasteiger partial charge < -0.3 is 0 Å². The first kappa shape index (κ1) is 16.1. The van der Waals surface area contributed by atoms with Gasteiger partial charge >= 0.3 is 0 Å². The van der Waals surface area contributed by atoms with E-state index >= 15 is 0 Å². The molecular weight excluding hydrogens is 348 g/mol. The molecule has 1 amide bonds. The number of amides is 1. The lowest BCUT2D eigenvalue weighted by atomic mass is 10.3. The van der Waals surface area contributed by atoms with Gasteiger partial charge in [0.05, 0.1) is 11.9 Å². The van der Waals surface area contributed by atoms with E-state index in [0.29, 0.717) is 16.6 Å². The molecule has 0 aliphatic carbocycles. The van der Waals surface area contributed by atoms with Crippen LogP contribution in [0.2, 0.25) is 0 Å². The van der Waals surface area contributed by atoms with E-state index in [9.17, 15) is 4.79 Å². The molecule has 0 fully saturated rings. The Morgan fingerprint density at radius 3 is 2.85 bits per heavy atom. The molecule has 128 valence electrons. The van der Waals surface area contributed by atoms with Crippen LogP contribution in [0.15, 0.2) is 60.5 Å². The maximum atomic E-state index is 12.6. The first-order valence-corrected chi connectivity index (χ1v) is 8.73. The summed E-state index contributed by atoms with van der Waals surface area (Å²) in [5.41, 5.74) is 2.81. The number of nitrogens with one attached hydrogen (secondary N) is 1. The van der Waals surface area contributed by atoms with Crippen molar-refractivity contribution in [3.63, 3.8) is 0 Å². The Hall–Kier alpha value is -3.39. The van der Waals surface area contributed by atoms with Gasteiger partial charge in [0, 0.05) is 17.3 Å². The Balaban J connectivity index is 1.56. The number of nitrogens with zero attached hydrogens (tertiary/aromatic N) is 5. The zero-order valence-corrected chi connectivity index (χ0v) is 14.6. The molecule has 0 aliphatic rings. The lowest BCUT2D eigenvalue weighted by molar-refractivity contribution is 0.102. The van der Waals surface area contributed by atoms with Gasteiger partial charge in [0.25, 0.3) is 5.91 Å². The third-order valence-electron chi connectivity index (χ3n) is 3.64. The Bertz CT molecular complexity index is 1060. The second-order valence-electron chi connectivity index (χ2n) is 5.49. The predicted octanol–water partition coefficient (Wildman–Crippen LogP) is 3.35. The number of anilines is 1. The van der Waals surface area contributed by atoms with E-state index in [-0.39, 0.29) is 5.91 Å². The van der Waals surface area contributed by atoms with Crippen molar-refractivity contribution < 1.29 is 4.79 Å². The summed E-state index contributed by atoms with van der Waals surface area (Å²) < 4.78 is 1.63. The predicted molar refractivity (Wildman–Crippen MR) is 99.4 cm³/mol. The van der Waals surface area contributed by atoms with E-state index in [4.69, 9.17) is 0 Å². The van der Waals surface area contributed by atoms with Crippen molar-refractivity contribution >= 4 is 22.4 Å². The van der Waals surface area contributed by atoms with Crippen LogP contribution < -0.4 is 5.32 Å². The first-order valence-electron chi connectivity index (χ1n) is 7.85. The van der Waals surface area contributed by atoms with E-state index in [1.165, 1.54) is 17.5 Å². The van der Waals surface area contributed by atoms with Crippen molar-refractivity contribution in [1.29, 1.82) is 0 Å². The molecule has 7 nitrogen and oxygen atoms in total. The van der Waals surface area contributed by atoms with Crippen molar-refractivity contribution in [2.24, 2.45) is 0 Å². The van der Waals surface area contributed by atoms with Crippen LogP contribution in [0.4, 0.5) is 5.13 Å². The molecule has 26 heavy (non-hydrogen) atoms. The lowest BCUT2D eigenvalue weighted by Crippen LogP contribution is -2.16. The fourth-order valence-corrected chi connectivity index (χ4v) is 3.14. The zero-order valence-electron chi connectivity index (χ0n) is 13.8. The number of pyridine rings is 2. The van der Waals surface area contributed by atoms with E-state index in [1.54, 1.807) is 17.1 Å². The molecule has 0 saturated heterocycles. The number of hydrogen-bond acceptors (Lipinski definition) is 6. The van der Waals surface area contributed by atoms with Crippen molar-refractivity contribution in [2.45, 2.75) is 6.92 Å². The molecule has 4 heterocycles. The minimum absolute atomic E-state index is 0.300. The highest BCUT2D eigenvalue weighted by Crippen LogP contribution is 2.24. The molecule has 4 aromatic rings. The number of carbonyl (C=O) groups excluding carboxylic acids is 1. The highest BCUT2D eigenvalue weighted by atomic mass is 32.1. The largest absolute Gasteiger partial charge is 0.296 e. The summed E-state index contributed by atoms with van der Waals surface area (Å²) in [5, 5.41) is 5.18. The molecule has 0 unspecified atom stereocenters. The molecule has 1 N–H and O–H groups in total. The summed E-state index contributed by atoms with van der Waals surface area (Å²) in [6.07, 6.45) is 4.72. The van der Waals surface area contributed by atoms with Gasteiger partial charge in [-0.2, -0.15) is 0 Å². The quantitative estimate of drug-likeness (QED) is 0.602. The zero-order chi connectivity index (χ0) is 17.9. The minimum atomic E-state index is -0.300. The number of aromatic nitrogens is 5. The van der Waals surface area contributed by atoms with E-state index in [2.05, 4.69) is 25.3 Å². The SMILES string of the molecule is Cc1cccc(-c2csc(NC(=O)c3cncn3-c3ccccn3)n2)n1. The van der Waals surface area contributed by atoms with Crippen LogP contribution in [0.1, 0.15) is 16.2 Å². The van der Waals surface area contributed by atoms with Crippen molar-refractivity contribution in [3.8, 4) is 17.2 Å². The van der Waals surface area contributed by atoms with Crippen molar-refractivity contribution in [2.75, 3.05) is 5.32 Å². The van der Waals surface area contributed by atoms with Crippen LogP contribution in [0.25, 0.3) is 17.2 Å². The van der Waals surface area contributed by atoms with Crippen LogP contribution in [-0.4, -0.2) is 30.4 Å². The van der Waals surface area contributed by atoms with E-state index in [0.717, 1.165) is 17.1 Å². The summed E-state index contributed by atoms with van der Waals surface area (Å²) in [6.45, 7) is 1.93. The molecule has 0 atom stereocenters. The monoisotopic (exact) mass is 362 g/mol. The number of thiazole rings is 1. The second kappa shape index (κ2) is 6.85. The van der Waals surface area contributed by atoms with Gasteiger partial charge in [-0.25, -0.2) is 15.0 Å². The Kier molecular flexibility index (Phi) is 4.24. The van der Waals surface area contributed by atoms with Crippen LogP contribution >= 0.6 is 11.3 Å². The van der Waals surface area contributed by atoms with Gasteiger partial charge in [-0.3, -0.25) is 19.7 Å². The van der Waals surface area contributed by atoms with Crippen molar-refractivity contribution in [3.05, 3.63) is 71.9 Å². The van der Waals surface area contributed by atoms with Crippen LogP contribution in [0.3, 0.4) is 0 Å². The summed E-state index contributed by atoms with van der Waals surface area (Å²) in [7, 11) is 0. The number of hydrogen-bond donors (Lipinski definition) is 1. The van der Waals surface area contributed by atoms with Crippen LogP contribution in [0, 0.1) is 6.92 Å². The molecule has 0 spiro atoms.